The highest BCUT2D eigenvalue weighted by atomic mass is 19.1. The van der Waals surface area contributed by atoms with E-state index in [1.54, 1.807) is 6.07 Å². The van der Waals surface area contributed by atoms with Gasteiger partial charge in [-0.2, -0.15) is 0 Å². The fourth-order valence-electron chi connectivity index (χ4n) is 2.68. The molecule has 0 bridgehead atoms. The Morgan fingerprint density at radius 3 is 3.00 bits per heavy atom. The van der Waals surface area contributed by atoms with Gasteiger partial charge in [0.1, 0.15) is 6.67 Å². The fourth-order valence-corrected chi connectivity index (χ4v) is 2.68. The lowest BCUT2D eigenvalue weighted by Gasteiger charge is -2.26. The first kappa shape index (κ1) is 10.8. The molecule has 3 rings (SSSR count). The molecule has 1 fully saturated rings. The zero-order valence-electron chi connectivity index (χ0n) is 9.88. The number of nitrogens with one attached hydrogen (secondary N) is 1. The molecule has 0 spiro atoms. The summed E-state index contributed by atoms with van der Waals surface area (Å²) in [6.07, 6.45) is 2.17. The van der Waals surface area contributed by atoms with Gasteiger partial charge in [-0.3, -0.25) is 0 Å². The minimum atomic E-state index is -0.473. The predicted octanol–water partition coefficient (Wildman–Crippen LogP) is 2.48. The van der Waals surface area contributed by atoms with Crippen molar-refractivity contribution >= 4 is 0 Å². The molecule has 2 aliphatic heterocycles. The van der Waals surface area contributed by atoms with Crippen LogP contribution >= 0.6 is 0 Å². The second-order valence-corrected chi connectivity index (χ2v) is 4.87. The third-order valence-electron chi connectivity index (χ3n) is 3.65. The van der Waals surface area contributed by atoms with Gasteiger partial charge in [0.2, 0.25) is 6.79 Å². The van der Waals surface area contributed by atoms with E-state index in [4.69, 9.17) is 9.47 Å². The molecule has 4 heteroatoms. The highest BCUT2D eigenvalue weighted by molar-refractivity contribution is 5.53. The van der Waals surface area contributed by atoms with Gasteiger partial charge in [-0.25, -0.2) is 4.39 Å². The topological polar surface area (TPSA) is 30.5 Å². The molecule has 1 aromatic rings. The first-order valence-electron chi connectivity index (χ1n) is 5.97. The van der Waals surface area contributed by atoms with Gasteiger partial charge >= 0.3 is 0 Å². The van der Waals surface area contributed by atoms with Crippen LogP contribution in [0.5, 0.6) is 11.5 Å². The molecule has 0 aliphatic carbocycles. The second-order valence-electron chi connectivity index (χ2n) is 4.87. The van der Waals surface area contributed by atoms with Gasteiger partial charge < -0.3 is 14.8 Å². The van der Waals surface area contributed by atoms with Crippen molar-refractivity contribution in [3.05, 3.63) is 23.3 Å². The van der Waals surface area contributed by atoms with Crippen LogP contribution in [0.15, 0.2) is 12.1 Å². The Balaban J connectivity index is 2.11. The molecule has 3 nitrogen and oxygen atoms in total. The maximum Gasteiger partial charge on any atom is 0.231 e. The van der Waals surface area contributed by atoms with Crippen LogP contribution in [0, 0.1) is 0 Å². The van der Waals surface area contributed by atoms with Crippen LogP contribution in [-0.2, 0) is 12.2 Å². The lowest BCUT2D eigenvalue weighted by atomic mass is 9.88. The molecule has 0 saturated carbocycles. The van der Waals surface area contributed by atoms with Gasteiger partial charge in [0.05, 0.1) is 0 Å². The van der Waals surface area contributed by atoms with E-state index in [2.05, 4.69) is 12.2 Å². The first-order valence-corrected chi connectivity index (χ1v) is 5.97. The Morgan fingerprint density at radius 2 is 2.29 bits per heavy atom. The zero-order chi connectivity index (χ0) is 11.9. The van der Waals surface area contributed by atoms with E-state index in [9.17, 15) is 4.39 Å². The third-order valence-corrected chi connectivity index (χ3v) is 3.65. The highest BCUT2D eigenvalue weighted by Crippen LogP contribution is 2.44. The van der Waals surface area contributed by atoms with Crippen LogP contribution in [0.25, 0.3) is 0 Å². The molecule has 1 N–H and O–H groups in total. The maximum atomic E-state index is 12.9. The molecular weight excluding hydrogens is 221 g/mol. The van der Waals surface area contributed by atoms with Crippen molar-refractivity contribution in [2.45, 2.75) is 32.0 Å². The van der Waals surface area contributed by atoms with Crippen LogP contribution in [0.4, 0.5) is 4.39 Å². The van der Waals surface area contributed by atoms with E-state index in [1.165, 1.54) is 0 Å². The van der Waals surface area contributed by atoms with Crippen molar-refractivity contribution < 1.29 is 13.9 Å². The Morgan fingerprint density at radius 1 is 1.41 bits per heavy atom. The molecule has 1 unspecified atom stereocenters. The lowest BCUT2D eigenvalue weighted by molar-refractivity contribution is 0.172. The highest BCUT2D eigenvalue weighted by Gasteiger charge is 2.35. The standard InChI is InChI=1S/C13H16FNO2/c1-13(3-2-4-15-13)10-5-9(7-14)6-11-12(10)17-8-16-11/h5-6,15H,2-4,7-8H2,1H3. The van der Waals surface area contributed by atoms with Crippen LogP contribution in [0.1, 0.15) is 30.9 Å². The largest absolute Gasteiger partial charge is 0.454 e. The summed E-state index contributed by atoms with van der Waals surface area (Å²) >= 11 is 0. The third kappa shape index (κ3) is 1.67. The molecule has 1 saturated heterocycles. The Labute approximate surface area is 99.9 Å². The van der Waals surface area contributed by atoms with Gasteiger partial charge in [-0.05, 0) is 44.0 Å². The average molecular weight is 237 g/mol. The van der Waals surface area contributed by atoms with E-state index < -0.39 is 6.67 Å². The molecule has 0 amide bonds. The van der Waals surface area contributed by atoms with Gasteiger partial charge in [0.15, 0.2) is 11.5 Å². The summed E-state index contributed by atoms with van der Waals surface area (Å²) in [6, 6.07) is 3.62. The van der Waals surface area contributed by atoms with Gasteiger partial charge in [0.25, 0.3) is 0 Å². The summed E-state index contributed by atoms with van der Waals surface area (Å²) < 4.78 is 23.8. The number of ether oxygens (including phenoxy) is 2. The normalized spacial score (nSPS) is 26.5. The summed E-state index contributed by atoms with van der Waals surface area (Å²) in [5.74, 6) is 1.45. The van der Waals surface area contributed by atoms with E-state index >= 15 is 0 Å². The Hall–Kier alpha value is -1.29. The van der Waals surface area contributed by atoms with Gasteiger partial charge in [0, 0.05) is 11.1 Å². The van der Waals surface area contributed by atoms with Crippen LogP contribution in [0.2, 0.25) is 0 Å². The minimum Gasteiger partial charge on any atom is -0.454 e. The van der Waals surface area contributed by atoms with Gasteiger partial charge in [-0.1, -0.05) is 0 Å². The van der Waals surface area contributed by atoms with Crippen LogP contribution in [0.3, 0.4) is 0 Å². The second kappa shape index (κ2) is 3.88. The van der Waals surface area contributed by atoms with E-state index in [0.29, 0.717) is 11.3 Å². The van der Waals surface area contributed by atoms with Crippen molar-refractivity contribution in [3.8, 4) is 11.5 Å². The first-order chi connectivity index (χ1) is 8.23. The Bertz CT molecular complexity index is 441. The van der Waals surface area contributed by atoms with E-state index in [0.717, 1.165) is 30.7 Å². The Kier molecular flexibility index (Phi) is 2.47. The number of benzene rings is 1. The van der Waals surface area contributed by atoms with E-state index in [1.807, 2.05) is 6.07 Å². The molecule has 2 aliphatic rings. The van der Waals surface area contributed by atoms with Crippen LogP contribution < -0.4 is 14.8 Å². The number of hydrogen-bond donors (Lipinski definition) is 1. The summed E-state index contributed by atoms with van der Waals surface area (Å²) in [5, 5.41) is 3.47. The molecular formula is C13H16FNO2. The number of fused-ring (bicyclic) bond motifs is 1. The van der Waals surface area contributed by atoms with E-state index in [-0.39, 0.29) is 12.3 Å². The molecule has 1 aromatic carbocycles. The summed E-state index contributed by atoms with van der Waals surface area (Å²) in [5.41, 5.74) is 1.56. The fraction of sp³-hybridized carbons (Fsp3) is 0.538. The molecule has 0 radical (unpaired) electrons. The molecule has 17 heavy (non-hydrogen) atoms. The van der Waals surface area contributed by atoms with Gasteiger partial charge in [-0.15, -0.1) is 0 Å². The van der Waals surface area contributed by atoms with Crippen molar-refractivity contribution in [1.82, 2.24) is 5.32 Å². The average Bonchev–Trinajstić information content (AvgIpc) is 2.96. The lowest BCUT2D eigenvalue weighted by Crippen LogP contribution is -2.33. The minimum absolute atomic E-state index is 0.122. The van der Waals surface area contributed by atoms with Crippen molar-refractivity contribution in [2.75, 3.05) is 13.3 Å². The van der Waals surface area contributed by atoms with Crippen molar-refractivity contribution in [3.63, 3.8) is 0 Å². The summed E-state index contributed by atoms with van der Waals surface area (Å²) in [7, 11) is 0. The quantitative estimate of drug-likeness (QED) is 0.857. The molecule has 1 atom stereocenters. The number of alkyl halides is 1. The molecule has 92 valence electrons. The van der Waals surface area contributed by atoms with Crippen molar-refractivity contribution in [2.24, 2.45) is 0 Å². The molecule has 2 heterocycles. The smallest absolute Gasteiger partial charge is 0.231 e. The summed E-state index contributed by atoms with van der Waals surface area (Å²) in [6.45, 7) is 2.89. The maximum absolute atomic E-state index is 12.9. The SMILES string of the molecule is CC1(c2cc(CF)cc3c2OCO3)CCCN1. The number of hydrogen-bond acceptors (Lipinski definition) is 3. The van der Waals surface area contributed by atoms with Crippen LogP contribution in [-0.4, -0.2) is 13.3 Å². The molecule has 0 aromatic heterocycles. The number of halogens is 1. The monoisotopic (exact) mass is 237 g/mol. The summed E-state index contributed by atoms with van der Waals surface area (Å²) in [4.78, 5) is 0. The zero-order valence-corrected chi connectivity index (χ0v) is 9.88. The van der Waals surface area contributed by atoms with Crippen molar-refractivity contribution in [1.29, 1.82) is 0 Å². The predicted molar refractivity (Wildman–Crippen MR) is 62.0 cm³/mol. The number of rotatable bonds is 2.